The molecule has 0 spiro atoms. The minimum atomic E-state index is -0.0696. The molecule has 4 heteroatoms. The van der Waals surface area contributed by atoms with Crippen LogP contribution >= 0.6 is 0 Å². The van der Waals surface area contributed by atoms with Gasteiger partial charge in [0.15, 0.2) is 0 Å². The van der Waals surface area contributed by atoms with Gasteiger partial charge in [-0.25, -0.2) is 0 Å². The molecule has 1 aliphatic rings. The Morgan fingerprint density at radius 1 is 1.08 bits per heavy atom. The highest BCUT2D eigenvalue weighted by Gasteiger charge is 2.36. The molecule has 0 saturated carbocycles. The molecule has 0 bridgehead atoms. The Labute approximate surface area is 149 Å². The van der Waals surface area contributed by atoms with E-state index < -0.39 is 0 Å². The molecule has 1 aromatic heterocycles. The van der Waals surface area contributed by atoms with Gasteiger partial charge in [-0.2, -0.15) is 0 Å². The van der Waals surface area contributed by atoms with Crippen LogP contribution in [-0.2, 0) is 10.2 Å². The zero-order valence-electron chi connectivity index (χ0n) is 15.6. The second-order valence-electron chi connectivity index (χ2n) is 7.10. The molecule has 2 aromatic rings. The van der Waals surface area contributed by atoms with E-state index in [1.165, 1.54) is 11.1 Å². The monoisotopic (exact) mass is 341 g/mol. The van der Waals surface area contributed by atoms with Gasteiger partial charge in [0, 0.05) is 30.7 Å². The van der Waals surface area contributed by atoms with Crippen LogP contribution in [0.25, 0.3) is 0 Å². The van der Waals surface area contributed by atoms with Gasteiger partial charge in [-0.05, 0) is 51.7 Å². The fraction of sp³-hybridized carbons (Fsp3) is 0.476. The van der Waals surface area contributed by atoms with Crippen LogP contribution in [0.1, 0.15) is 51.4 Å². The summed E-state index contributed by atoms with van der Waals surface area (Å²) in [7, 11) is 0. The first-order chi connectivity index (χ1) is 11.9. The first-order valence-corrected chi connectivity index (χ1v) is 8.93. The van der Waals surface area contributed by atoms with Crippen molar-refractivity contribution in [2.45, 2.75) is 46.0 Å². The van der Waals surface area contributed by atoms with Crippen molar-refractivity contribution in [3.63, 3.8) is 0 Å². The van der Waals surface area contributed by atoms with Gasteiger partial charge in [-0.3, -0.25) is 4.79 Å². The van der Waals surface area contributed by atoms with Crippen molar-refractivity contribution >= 4 is 5.91 Å². The second-order valence-corrected chi connectivity index (χ2v) is 7.10. The Bertz CT molecular complexity index is 769. The molecule has 2 heterocycles. The Hall–Kier alpha value is -2.07. The maximum absolute atomic E-state index is 12.8. The number of hydrogen-bond acceptors (Lipinski definition) is 3. The van der Waals surface area contributed by atoms with Crippen molar-refractivity contribution in [1.29, 1.82) is 0 Å². The summed E-state index contributed by atoms with van der Waals surface area (Å²) in [6.45, 7) is 9.89. The SMILES string of the molecule is Cc1ccccc1C1(CNC(=O)c2c(C)oc(C)c2C)CCOCC1. The minimum Gasteiger partial charge on any atom is -0.466 e. The first-order valence-electron chi connectivity index (χ1n) is 8.93. The molecule has 0 atom stereocenters. The van der Waals surface area contributed by atoms with Gasteiger partial charge in [0.2, 0.25) is 0 Å². The molecule has 1 N–H and O–H groups in total. The number of furan rings is 1. The Morgan fingerprint density at radius 2 is 1.76 bits per heavy atom. The van der Waals surface area contributed by atoms with Crippen molar-refractivity contribution in [2.75, 3.05) is 19.8 Å². The van der Waals surface area contributed by atoms with Crippen LogP contribution in [0.2, 0.25) is 0 Å². The molecule has 1 aliphatic heterocycles. The van der Waals surface area contributed by atoms with Crippen LogP contribution in [0, 0.1) is 27.7 Å². The number of rotatable bonds is 4. The third kappa shape index (κ3) is 3.36. The van der Waals surface area contributed by atoms with Gasteiger partial charge in [0.1, 0.15) is 11.5 Å². The third-order valence-electron chi connectivity index (χ3n) is 5.54. The van der Waals surface area contributed by atoms with Crippen molar-refractivity contribution in [3.05, 3.63) is 58.0 Å². The van der Waals surface area contributed by atoms with Crippen LogP contribution < -0.4 is 5.32 Å². The van der Waals surface area contributed by atoms with E-state index in [1.807, 2.05) is 20.8 Å². The largest absolute Gasteiger partial charge is 0.466 e. The van der Waals surface area contributed by atoms with Crippen molar-refractivity contribution in [1.82, 2.24) is 5.32 Å². The topological polar surface area (TPSA) is 51.5 Å². The summed E-state index contributed by atoms with van der Waals surface area (Å²) in [5, 5.41) is 3.18. The lowest BCUT2D eigenvalue weighted by atomic mass is 9.72. The molecule has 1 saturated heterocycles. The molecular weight excluding hydrogens is 314 g/mol. The zero-order chi connectivity index (χ0) is 18.0. The van der Waals surface area contributed by atoms with E-state index in [2.05, 4.69) is 36.5 Å². The van der Waals surface area contributed by atoms with Crippen molar-refractivity contribution in [2.24, 2.45) is 0 Å². The second kappa shape index (κ2) is 7.04. The first kappa shape index (κ1) is 17.7. The van der Waals surface area contributed by atoms with Crippen molar-refractivity contribution in [3.8, 4) is 0 Å². The number of hydrogen-bond donors (Lipinski definition) is 1. The predicted molar refractivity (Wildman–Crippen MR) is 98.2 cm³/mol. The van der Waals surface area contributed by atoms with Gasteiger partial charge < -0.3 is 14.5 Å². The fourth-order valence-corrected chi connectivity index (χ4v) is 3.94. The number of amides is 1. The number of carbonyl (C=O) groups excluding carboxylic acids is 1. The number of benzene rings is 1. The number of aryl methyl sites for hydroxylation is 3. The van der Waals surface area contributed by atoms with Crippen LogP contribution in [-0.4, -0.2) is 25.7 Å². The summed E-state index contributed by atoms with van der Waals surface area (Å²) in [5.41, 5.74) is 4.11. The quantitative estimate of drug-likeness (QED) is 0.915. The molecule has 1 aromatic carbocycles. The van der Waals surface area contributed by atoms with Gasteiger partial charge >= 0.3 is 0 Å². The van der Waals surface area contributed by atoms with Crippen LogP contribution in [0.4, 0.5) is 0 Å². The summed E-state index contributed by atoms with van der Waals surface area (Å²) < 4.78 is 11.2. The zero-order valence-corrected chi connectivity index (χ0v) is 15.6. The molecule has 134 valence electrons. The number of ether oxygens (including phenoxy) is 1. The Kier molecular flexibility index (Phi) is 5.00. The normalized spacial score (nSPS) is 16.6. The Balaban J connectivity index is 1.85. The van der Waals surface area contributed by atoms with E-state index in [0.29, 0.717) is 17.9 Å². The molecule has 25 heavy (non-hydrogen) atoms. The van der Waals surface area contributed by atoms with Gasteiger partial charge in [-0.1, -0.05) is 24.3 Å². The molecule has 3 rings (SSSR count). The van der Waals surface area contributed by atoms with E-state index in [9.17, 15) is 4.79 Å². The van der Waals surface area contributed by atoms with Gasteiger partial charge in [0.25, 0.3) is 5.91 Å². The molecule has 4 nitrogen and oxygen atoms in total. The van der Waals surface area contributed by atoms with E-state index in [0.717, 1.165) is 37.4 Å². The average Bonchev–Trinajstić information content (AvgIpc) is 2.86. The van der Waals surface area contributed by atoms with Crippen molar-refractivity contribution < 1.29 is 13.9 Å². The lowest BCUT2D eigenvalue weighted by Gasteiger charge is -2.39. The van der Waals surface area contributed by atoms with E-state index in [4.69, 9.17) is 9.15 Å². The maximum Gasteiger partial charge on any atom is 0.255 e. The molecule has 0 radical (unpaired) electrons. The summed E-state index contributed by atoms with van der Waals surface area (Å²) in [5.74, 6) is 1.44. The Morgan fingerprint density at radius 3 is 2.36 bits per heavy atom. The summed E-state index contributed by atoms with van der Waals surface area (Å²) in [6, 6.07) is 8.47. The predicted octanol–water partition coefficient (Wildman–Crippen LogP) is 3.99. The fourth-order valence-electron chi connectivity index (χ4n) is 3.94. The third-order valence-corrected chi connectivity index (χ3v) is 5.54. The standard InChI is InChI=1S/C21H27NO3/c1-14-7-5-6-8-18(14)21(9-11-24-12-10-21)13-22-20(23)19-15(2)16(3)25-17(19)4/h5-8H,9-13H2,1-4H3,(H,22,23). The highest BCUT2D eigenvalue weighted by atomic mass is 16.5. The number of nitrogens with one attached hydrogen (secondary N) is 1. The summed E-state index contributed by atoms with van der Waals surface area (Å²) in [4.78, 5) is 12.8. The molecular formula is C21H27NO3. The maximum atomic E-state index is 12.8. The van der Waals surface area contributed by atoms with E-state index in [-0.39, 0.29) is 11.3 Å². The van der Waals surface area contributed by atoms with E-state index in [1.54, 1.807) is 0 Å². The minimum absolute atomic E-state index is 0.0497. The average molecular weight is 341 g/mol. The van der Waals surface area contributed by atoms with Crippen LogP contribution in [0.5, 0.6) is 0 Å². The molecule has 1 fully saturated rings. The van der Waals surface area contributed by atoms with Crippen LogP contribution in [0.3, 0.4) is 0 Å². The smallest absolute Gasteiger partial charge is 0.255 e. The lowest BCUT2D eigenvalue weighted by molar-refractivity contribution is 0.0485. The highest BCUT2D eigenvalue weighted by molar-refractivity contribution is 5.96. The van der Waals surface area contributed by atoms with Gasteiger partial charge in [-0.15, -0.1) is 0 Å². The molecule has 1 amide bonds. The molecule has 0 aliphatic carbocycles. The van der Waals surface area contributed by atoms with Crippen LogP contribution in [0.15, 0.2) is 28.7 Å². The number of carbonyl (C=O) groups is 1. The highest BCUT2D eigenvalue weighted by Crippen LogP contribution is 2.36. The summed E-state index contributed by atoms with van der Waals surface area (Å²) in [6.07, 6.45) is 1.83. The van der Waals surface area contributed by atoms with Gasteiger partial charge in [0.05, 0.1) is 5.56 Å². The summed E-state index contributed by atoms with van der Waals surface area (Å²) >= 11 is 0. The lowest BCUT2D eigenvalue weighted by Crippen LogP contribution is -2.45. The van der Waals surface area contributed by atoms with E-state index >= 15 is 0 Å². The molecule has 0 unspecified atom stereocenters.